The quantitative estimate of drug-likeness (QED) is 0.772. The van der Waals surface area contributed by atoms with Crippen molar-refractivity contribution >= 4 is 17.2 Å². The zero-order chi connectivity index (χ0) is 13.5. The van der Waals surface area contributed by atoms with Crippen LogP contribution >= 0.6 is 12.2 Å². The normalized spacial score (nSPS) is 10.7. The van der Waals surface area contributed by atoms with E-state index in [1.807, 2.05) is 4.90 Å². The summed E-state index contributed by atoms with van der Waals surface area (Å²) in [5.41, 5.74) is 6.16. The highest BCUT2D eigenvalue weighted by molar-refractivity contribution is 7.80. The first-order valence-corrected chi connectivity index (χ1v) is 6.30. The van der Waals surface area contributed by atoms with Crippen molar-refractivity contribution in [1.29, 1.82) is 0 Å². The molecule has 1 aromatic carbocycles. The second-order valence-electron chi connectivity index (χ2n) is 4.13. The number of nitrogens with two attached hydrogens (primary N) is 1. The number of methoxy groups -OCH3 is 1. The van der Waals surface area contributed by atoms with Crippen LogP contribution in [0.4, 0.5) is 4.39 Å². The van der Waals surface area contributed by atoms with Gasteiger partial charge in [-0.05, 0) is 19.0 Å². The van der Waals surface area contributed by atoms with Crippen LogP contribution < -0.4 is 10.5 Å². The number of hydrogen-bond donors (Lipinski definition) is 1. The molecule has 0 saturated heterocycles. The Morgan fingerprint density at radius 2 is 2.22 bits per heavy atom. The molecule has 0 heterocycles. The van der Waals surface area contributed by atoms with Gasteiger partial charge in [0.15, 0.2) is 0 Å². The van der Waals surface area contributed by atoms with Gasteiger partial charge >= 0.3 is 0 Å². The van der Waals surface area contributed by atoms with E-state index in [-0.39, 0.29) is 5.82 Å². The summed E-state index contributed by atoms with van der Waals surface area (Å²) in [5, 5.41) is 0. The molecule has 0 aliphatic rings. The Balaban J connectivity index is 2.76. The Morgan fingerprint density at radius 1 is 1.50 bits per heavy atom. The summed E-state index contributed by atoms with van der Waals surface area (Å²) in [7, 11) is 1.52. The maximum Gasteiger partial charge on any atom is 0.131 e. The molecule has 0 aliphatic heterocycles. The summed E-state index contributed by atoms with van der Waals surface area (Å²) >= 11 is 4.90. The molecule has 2 N–H and O–H groups in total. The molecule has 0 saturated carbocycles. The van der Waals surface area contributed by atoms with Gasteiger partial charge in [-0.1, -0.05) is 25.2 Å². The minimum atomic E-state index is -0.265. The van der Waals surface area contributed by atoms with Gasteiger partial charge < -0.3 is 10.5 Å². The fourth-order valence-electron chi connectivity index (χ4n) is 1.77. The molecule has 0 fully saturated rings. The Kier molecular flexibility index (Phi) is 6.01. The third-order valence-electron chi connectivity index (χ3n) is 2.57. The van der Waals surface area contributed by atoms with Crippen molar-refractivity contribution in [2.24, 2.45) is 5.73 Å². The first-order valence-electron chi connectivity index (χ1n) is 5.90. The number of nitrogens with zero attached hydrogens (tertiary/aromatic N) is 1. The lowest BCUT2D eigenvalue weighted by molar-refractivity contribution is 0.299. The van der Waals surface area contributed by atoms with Crippen molar-refractivity contribution in [2.45, 2.75) is 19.9 Å². The lowest BCUT2D eigenvalue weighted by atomic mass is 10.2. The van der Waals surface area contributed by atoms with E-state index in [9.17, 15) is 4.39 Å². The van der Waals surface area contributed by atoms with Crippen LogP contribution in [0.25, 0.3) is 0 Å². The molecule has 0 aliphatic carbocycles. The molecule has 0 amide bonds. The van der Waals surface area contributed by atoms with Gasteiger partial charge in [0, 0.05) is 24.7 Å². The SMILES string of the molecule is CCCN(CC(N)=S)Cc1ccc(OC)cc1F. The number of hydrogen-bond acceptors (Lipinski definition) is 3. The second-order valence-corrected chi connectivity index (χ2v) is 4.66. The fraction of sp³-hybridized carbons (Fsp3) is 0.462. The monoisotopic (exact) mass is 270 g/mol. The van der Waals surface area contributed by atoms with Crippen molar-refractivity contribution in [2.75, 3.05) is 20.2 Å². The van der Waals surface area contributed by atoms with E-state index in [0.717, 1.165) is 13.0 Å². The smallest absolute Gasteiger partial charge is 0.131 e. The van der Waals surface area contributed by atoms with E-state index in [1.54, 1.807) is 12.1 Å². The van der Waals surface area contributed by atoms with Crippen molar-refractivity contribution in [1.82, 2.24) is 4.90 Å². The minimum Gasteiger partial charge on any atom is -0.497 e. The predicted octanol–water partition coefficient (Wildman–Crippen LogP) is 2.33. The molecule has 5 heteroatoms. The van der Waals surface area contributed by atoms with Crippen molar-refractivity contribution in [3.8, 4) is 5.75 Å². The molecule has 0 bridgehead atoms. The number of halogens is 1. The summed E-state index contributed by atoms with van der Waals surface area (Å²) in [6.07, 6.45) is 0.973. The zero-order valence-corrected chi connectivity index (χ0v) is 11.6. The topological polar surface area (TPSA) is 38.5 Å². The summed E-state index contributed by atoms with van der Waals surface area (Å²) in [6.45, 7) is 3.91. The highest BCUT2D eigenvalue weighted by Gasteiger charge is 2.10. The van der Waals surface area contributed by atoms with E-state index in [2.05, 4.69) is 6.92 Å². The van der Waals surface area contributed by atoms with E-state index < -0.39 is 0 Å². The van der Waals surface area contributed by atoms with Gasteiger partial charge in [-0.2, -0.15) is 0 Å². The number of ether oxygens (including phenoxy) is 1. The molecule has 0 unspecified atom stereocenters. The highest BCUT2D eigenvalue weighted by atomic mass is 32.1. The Hall–Kier alpha value is -1.20. The molecule has 0 aromatic heterocycles. The Morgan fingerprint density at radius 3 is 2.72 bits per heavy atom. The molecule has 1 rings (SSSR count). The van der Waals surface area contributed by atoms with Gasteiger partial charge in [-0.15, -0.1) is 0 Å². The molecule has 3 nitrogen and oxygen atoms in total. The highest BCUT2D eigenvalue weighted by Crippen LogP contribution is 2.17. The summed E-state index contributed by atoms with van der Waals surface area (Å²) in [4.78, 5) is 2.46. The van der Waals surface area contributed by atoms with Crippen LogP contribution in [0.1, 0.15) is 18.9 Å². The lowest BCUT2D eigenvalue weighted by Gasteiger charge is -2.21. The van der Waals surface area contributed by atoms with Crippen LogP contribution in [0.5, 0.6) is 5.75 Å². The number of thiocarbonyl (C=S) groups is 1. The third kappa shape index (κ3) is 4.58. The van der Waals surface area contributed by atoms with E-state index in [1.165, 1.54) is 13.2 Å². The van der Waals surface area contributed by atoms with Gasteiger partial charge in [0.25, 0.3) is 0 Å². The van der Waals surface area contributed by atoms with Crippen LogP contribution in [0, 0.1) is 5.82 Å². The zero-order valence-electron chi connectivity index (χ0n) is 10.8. The number of rotatable bonds is 7. The summed E-state index contributed by atoms with van der Waals surface area (Å²) in [6, 6.07) is 4.87. The molecule has 18 heavy (non-hydrogen) atoms. The van der Waals surface area contributed by atoms with Crippen LogP contribution in [0.15, 0.2) is 18.2 Å². The van der Waals surface area contributed by atoms with E-state index in [4.69, 9.17) is 22.7 Å². The van der Waals surface area contributed by atoms with E-state index >= 15 is 0 Å². The average Bonchev–Trinajstić information content (AvgIpc) is 2.31. The second kappa shape index (κ2) is 7.28. The van der Waals surface area contributed by atoms with E-state index in [0.29, 0.717) is 29.4 Å². The average molecular weight is 270 g/mol. The van der Waals surface area contributed by atoms with Gasteiger partial charge in [0.05, 0.1) is 12.1 Å². The summed E-state index contributed by atoms with van der Waals surface area (Å²) in [5.74, 6) is 0.256. The van der Waals surface area contributed by atoms with Crippen LogP contribution in [0.3, 0.4) is 0 Å². The van der Waals surface area contributed by atoms with Crippen LogP contribution in [-0.4, -0.2) is 30.1 Å². The lowest BCUT2D eigenvalue weighted by Crippen LogP contribution is -2.33. The van der Waals surface area contributed by atoms with Crippen LogP contribution in [-0.2, 0) is 6.54 Å². The van der Waals surface area contributed by atoms with Crippen molar-refractivity contribution in [3.63, 3.8) is 0 Å². The van der Waals surface area contributed by atoms with Gasteiger partial charge in [0.2, 0.25) is 0 Å². The van der Waals surface area contributed by atoms with Crippen LogP contribution in [0.2, 0.25) is 0 Å². The molecular weight excluding hydrogens is 251 g/mol. The predicted molar refractivity (Wildman–Crippen MR) is 75.3 cm³/mol. The molecule has 0 atom stereocenters. The minimum absolute atomic E-state index is 0.265. The molecular formula is C13H19FN2OS. The molecule has 1 aromatic rings. The van der Waals surface area contributed by atoms with Crippen molar-refractivity contribution < 1.29 is 9.13 Å². The van der Waals surface area contributed by atoms with Crippen molar-refractivity contribution in [3.05, 3.63) is 29.6 Å². The van der Waals surface area contributed by atoms with Gasteiger partial charge in [-0.3, -0.25) is 4.90 Å². The van der Waals surface area contributed by atoms with Gasteiger partial charge in [0.1, 0.15) is 11.6 Å². The third-order valence-corrected chi connectivity index (χ3v) is 2.70. The first-order chi connectivity index (χ1) is 8.56. The standard InChI is InChI=1S/C13H19FN2OS/c1-3-6-16(9-13(15)18)8-10-4-5-11(17-2)7-12(10)14/h4-5,7H,3,6,8-9H2,1-2H3,(H2,15,18). The largest absolute Gasteiger partial charge is 0.497 e. The molecule has 0 spiro atoms. The Labute approximate surface area is 113 Å². The fourth-order valence-corrected chi connectivity index (χ4v) is 1.96. The summed E-state index contributed by atoms with van der Waals surface area (Å²) < 4.78 is 18.8. The maximum absolute atomic E-state index is 13.8. The first kappa shape index (κ1) is 14.9. The number of benzene rings is 1. The molecule has 100 valence electrons. The molecule has 0 radical (unpaired) electrons. The van der Waals surface area contributed by atoms with Gasteiger partial charge in [-0.25, -0.2) is 4.39 Å². The Bertz CT molecular complexity index is 412. The maximum atomic E-state index is 13.8.